The molecular formula is C9H9NO2S. The summed E-state index contributed by atoms with van der Waals surface area (Å²) in [5, 5.41) is 19.0. The van der Waals surface area contributed by atoms with Gasteiger partial charge in [0.2, 0.25) is 0 Å². The minimum atomic E-state index is -0.801. The van der Waals surface area contributed by atoms with Crippen LogP contribution < -0.4 is 0 Å². The molecule has 0 unspecified atom stereocenters. The van der Waals surface area contributed by atoms with E-state index >= 15 is 0 Å². The summed E-state index contributed by atoms with van der Waals surface area (Å²) in [5.74, 6) is -1.19. The van der Waals surface area contributed by atoms with Gasteiger partial charge in [-0.05, 0) is 23.4 Å². The number of thiophene rings is 1. The summed E-state index contributed by atoms with van der Waals surface area (Å²) in [6.07, 6.45) is 0.494. The van der Waals surface area contributed by atoms with Crippen LogP contribution in [-0.2, 0) is 11.2 Å². The number of rotatable bonds is 3. The zero-order chi connectivity index (χ0) is 9.84. The molecule has 0 amide bonds. The molecule has 0 saturated heterocycles. The van der Waals surface area contributed by atoms with Crippen molar-refractivity contribution < 1.29 is 9.90 Å². The average Bonchev–Trinajstić information content (AvgIpc) is 2.52. The lowest BCUT2D eigenvalue weighted by Gasteiger charge is -2.02. The number of carboxylic acid groups (broad SMARTS) is 1. The second-order valence-electron chi connectivity index (χ2n) is 2.87. The van der Waals surface area contributed by atoms with Crippen molar-refractivity contribution >= 4 is 17.3 Å². The highest BCUT2D eigenvalue weighted by Crippen LogP contribution is 2.16. The van der Waals surface area contributed by atoms with E-state index in [-0.39, 0.29) is 5.92 Å². The van der Waals surface area contributed by atoms with E-state index in [1.807, 2.05) is 11.4 Å². The van der Waals surface area contributed by atoms with Crippen LogP contribution in [0.15, 0.2) is 11.4 Å². The molecule has 1 atom stereocenters. The molecular weight excluding hydrogens is 186 g/mol. The van der Waals surface area contributed by atoms with Crippen molar-refractivity contribution in [1.29, 1.82) is 5.26 Å². The number of nitrogens with zero attached hydrogens (tertiary/aromatic N) is 1. The zero-order valence-electron chi connectivity index (χ0n) is 7.15. The number of hydrogen-bond donors (Lipinski definition) is 1. The molecule has 0 aliphatic rings. The Morgan fingerprint density at radius 1 is 1.85 bits per heavy atom. The zero-order valence-corrected chi connectivity index (χ0v) is 7.97. The van der Waals surface area contributed by atoms with Crippen molar-refractivity contribution in [3.8, 4) is 6.07 Å². The maximum Gasteiger partial charge on any atom is 0.306 e. The molecule has 68 valence electrons. The van der Waals surface area contributed by atoms with Gasteiger partial charge < -0.3 is 5.11 Å². The largest absolute Gasteiger partial charge is 0.481 e. The average molecular weight is 195 g/mol. The van der Waals surface area contributed by atoms with Crippen LogP contribution in [0, 0.1) is 17.2 Å². The van der Waals surface area contributed by atoms with Crippen LogP contribution in [0.4, 0.5) is 0 Å². The van der Waals surface area contributed by atoms with E-state index in [4.69, 9.17) is 10.4 Å². The van der Waals surface area contributed by atoms with Crippen molar-refractivity contribution in [3.05, 3.63) is 21.9 Å². The van der Waals surface area contributed by atoms with Crippen LogP contribution in [0.2, 0.25) is 0 Å². The van der Waals surface area contributed by atoms with Crippen LogP contribution in [0.5, 0.6) is 0 Å². The summed E-state index contributed by atoms with van der Waals surface area (Å²) in [4.78, 5) is 11.2. The first-order valence-electron chi connectivity index (χ1n) is 3.84. The third kappa shape index (κ3) is 2.56. The van der Waals surface area contributed by atoms with Gasteiger partial charge in [0.1, 0.15) is 10.9 Å². The minimum absolute atomic E-state index is 0.388. The fourth-order valence-corrected chi connectivity index (χ4v) is 1.70. The number of hydrogen-bond acceptors (Lipinski definition) is 3. The van der Waals surface area contributed by atoms with E-state index in [0.29, 0.717) is 11.3 Å². The molecule has 1 aromatic rings. The maximum atomic E-state index is 10.5. The lowest BCUT2D eigenvalue weighted by Crippen LogP contribution is -2.11. The van der Waals surface area contributed by atoms with Gasteiger partial charge in [-0.1, -0.05) is 6.92 Å². The summed E-state index contributed by atoms with van der Waals surface area (Å²) in [5.41, 5.74) is 0.927. The van der Waals surface area contributed by atoms with Crippen LogP contribution >= 0.6 is 11.3 Å². The molecule has 0 bridgehead atoms. The Kier molecular flexibility index (Phi) is 3.04. The number of carboxylic acids is 1. The molecule has 4 heteroatoms. The molecule has 0 fully saturated rings. The highest BCUT2D eigenvalue weighted by molar-refractivity contribution is 7.10. The van der Waals surface area contributed by atoms with Gasteiger partial charge in [0, 0.05) is 0 Å². The van der Waals surface area contributed by atoms with Crippen LogP contribution in [-0.4, -0.2) is 11.1 Å². The van der Waals surface area contributed by atoms with Crippen molar-refractivity contribution in [2.45, 2.75) is 13.3 Å². The third-order valence-corrected chi connectivity index (χ3v) is 2.61. The molecule has 0 spiro atoms. The van der Waals surface area contributed by atoms with Gasteiger partial charge in [-0.25, -0.2) is 0 Å². The topological polar surface area (TPSA) is 61.1 Å². The number of aliphatic carboxylic acids is 1. The smallest absolute Gasteiger partial charge is 0.306 e. The van der Waals surface area contributed by atoms with Gasteiger partial charge in [0.15, 0.2) is 0 Å². The first kappa shape index (κ1) is 9.75. The van der Waals surface area contributed by atoms with Gasteiger partial charge in [-0.3, -0.25) is 4.79 Å². The summed E-state index contributed by atoms with van der Waals surface area (Å²) in [6, 6.07) is 3.76. The molecule has 1 aromatic heterocycles. The molecule has 0 saturated carbocycles. The van der Waals surface area contributed by atoms with E-state index in [0.717, 1.165) is 5.56 Å². The monoisotopic (exact) mass is 195 g/mol. The summed E-state index contributed by atoms with van der Waals surface area (Å²) >= 11 is 1.35. The Hall–Kier alpha value is -1.34. The molecule has 13 heavy (non-hydrogen) atoms. The second-order valence-corrected chi connectivity index (χ2v) is 3.79. The number of carbonyl (C=O) groups is 1. The molecule has 1 rings (SSSR count). The van der Waals surface area contributed by atoms with Crippen LogP contribution in [0.25, 0.3) is 0 Å². The normalized spacial score (nSPS) is 12.0. The summed E-state index contributed by atoms with van der Waals surface area (Å²) in [7, 11) is 0. The Labute approximate surface area is 80.2 Å². The Balaban J connectivity index is 2.65. The first-order chi connectivity index (χ1) is 6.13. The standard InChI is InChI=1S/C9H9NO2S/c1-6(9(11)12)2-7-3-8(4-10)13-5-7/h3,5-6H,2H2,1H3,(H,11,12)/t6-/m0/s1. The fourth-order valence-electron chi connectivity index (χ4n) is 0.982. The molecule has 1 heterocycles. The van der Waals surface area contributed by atoms with Gasteiger partial charge in [-0.2, -0.15) is 5.26 Å². The third-order valence-electron chi connectivity index (χ3n) is 1.73. The van der Waals surface area contributed by atoms with E-state index in [1.54, 1.807) is 13.0 Å². The van der Waals surface area contributed by atoms with Gasteiger partial charge in [0.25, 0.3) is 0 Å². The molecule has 3 nitrogen and oxygen atoms in total. The van der Waals surface area contributed by atoms with Crippen molar-refractivity contribution in [1.82, 2.24) is 0 Å². The van der Waals surface area contributed by atoms with Crippen molar-refractivity contribution in [2.75, 3.05) is 0 Å². The fraction of sp³-hybridized carbons (Fsp3) is 0.333. The second kappa shape index (κ2) is 4.06. The molecule has 0 aliphatic heterocycles. The SMILES string of the molecule is C[C@@H](Cc1csc(C#N)c1)C(=O)O. The maximum absolute atomic E-state index is 10.5. The predicted molar refractivity (Wildman–Crippen MR) is 49.5 cm³/mol. The lowest BCUT2D eigenvalue weighted by atomic mass is 10.0. The Morgan fingerprint density at radius 2 is 2.54 bits per heavy atom. The quantitative estimate of drug-likeness (QED) is 0.801. The number of nitriles is 1. The predicted octanol–water partition coefficient (Wildman–Crippen LogP) is 1.88. The minimum Gasteiger partial charge on any atom is -0.481 e. The van der Waals surface area contributed by atoms with Gasteiger partial charge >= 0.3 is 5.97 Å². The Morgan fingerprint density at radius 3 is 3.00 bits per heavy atom. The molecule has 1 N–H and O–H groups in total. The van der Waals surface area contributed by atoms with Crippen LogP contribution in [0.1, 0.15) is 17.4 Å². The Bertz CT molecular complexity index is 351. The van der Waals surface area contributed by atoms with E-state index in [1.165, 1.54) is 11.3 Å². The lowest BCUT2D eigenvalue weighted by molar-refractivity contribution is -0.141. The first-order valence-corrected chi connectivity index (χ1v) is 4.71. The molecule has 0 radical (unpaired) electrons. The van der Waals surface area contributed by atoms with Crippen LogP contribution in [0.3, 0.4) is 0 Å². The molecule has 0 aromatic carbocycles. The summed E-state index contributed by atoms with van der Waals surface area (Å²) < 4.78 is 0. The van der Waals surface area contributed by atoms with Crippen molar-refractivity contribution in [3.63, 3.8) is 0 Å². The highest BCUT2D eigenvalue weighted by atomic mass is 32.1. The van der Waals surface area contributed by atoms with E-state index < -0.39 is 5.97 Å². The highest BCUT2D eigenvalue weighted by Gasteiger charge is 2.12. The van der Waals surface area contributed by atoms with E-state index in [9.17, 15) is 4.79 Å². The van der Waals surface area contributed by atoms with Gasteiger partial charge in [0.05, 0.1) is 5.92 Å². The van der Waals surface area contributed by atoms with Gasteiger partial charge in [-0.15, -0.1) is 11.3 Å². The summed E-state index contributed by atoms with van der Waals surface area (Å²) in [6.45, 7) is 1.66. The van der Waals surface area contributed by atoms with Crippen molar-refractivity contribution in [2.24, 2.45) is 5.92 Å². The molecule has 0 aliphatic carbocycles. The van der Waals surface area contributed by atoms with E-state index in [2.05, 4.69) is 0 Å².